The SMILES string of the molecule is c1ccc(-c2nc(-c3ccccc3)nc(-c3ccc(-c4cccc5c4-c4ccccc4C5(c4ccccc4)c4cccnc4)cc3)n2)cc1. The molecule has 230 valence electrons. The van der Waals surface area contributed by atoms with Gasteiger partial charge < -0.3 is 0 Å². The van der Waals surface area contributed by atoms with Crippen LogP contribution in [0.15, 0.2) is 182 Å². The first-order valence-corrected chi connectivity index (χ1v) is 16.5. The van der Waals surface area contributed by atoms with Crippen LogP contribution in [0.1, 0.15) is 22.3 Å². The highest BCUT2D eigenvalue weighted by atomic mass is 15.0. The fraction of sp³-hybridized carbons (Fsp3) is 0.0222. The Morgan fingerprint density at radius 1 is 0.347 bits per heavy atom. The van der Waals surface area contributed by atoms with Crippen LogP contribution in [0.3, 0.4) is 0 Å². The summed E-state index contributed by atoms with van der Waals surface area (Å²) in [7, 11) is 0. The first kappa shape index (κ1) is 28.7. The van der Waals surface area contributed by atoms with E-state index in [9.17, 15) is 0 Å². The highest BCUT2D eigenvalue weighted by molar-refractivity contribution is 5.95. The molecular formula is C45H30N4. The van der Waals surface area contributed by atoms with Gasteiger partial charge in [0.2, 0.25) is 0 Å². The maximum absolute atomic E-state index is 4.95. The number of aromatic nitrogens is 4. The molecule has 6 aromatic carbocycles. The summed E-state index contributed by atoms with van der Waals surface area (Å²) in [6.45, 7) is 0. The van der Waals surface area contributed by atoms with Gasteiger partial charge in [-0.25, -0.2) is 15.0 Å². The zero-order chi connectivity index (χ0) is 32.6. The third kappa shape index (κ3) is 4.77. The van der Waals surface area contributed by atoms with Crippen molar-refractivity contribution < 1.29 is 0 Å². The molecule has 1 atom stereocenters. The van der Waals surface area contributed by atoms with Crippen LogP contribution in [-0.4, -0.2) is 19.9 Å². The fourth-order valence-corrected chi connectivity index (χ4v) is 7.37. The molecule has 0 radical (unpaired) electrons. The van der Waals surface area contributed by atoms with Gasteiger partial charge in [0.1, 0.15) is 0 Å². The molecule has 0 amide bonds. The van der Waals surface area contributed by atoms with Gasteiger partial charge in [-0.2, -0.15) is 0 Å². The molecule has 4 heteroatoms. The van der Waals surface area contributed by atoms with Crippen molar-refractivity contribution in [3.63, 3.8) is 0 Å². The second kappa shape index (κ2) is 11.9. The van der Waals surface area contributed by atoms with Crippen LogP contribution in [0.25, 0.3) is 56.4 Å². The number of hydrogen-bond acceptors (Lipinski definition) is 4. The van der Waals surface area contributed by atoms with E-state index in [4.69, 9.17) is 15.0 Å². The summed E-state index contributed by atoms with van der Waals surface area (Å²) in [4.78, 5) is 19.4. The van der Waals surface area contributed by atoms with Crippen LogP contribution in [0.2, 0.25) is 0 Å². The Morgan fingerprint density at radius 3 is 1.45 bits per heavy atom. The number of fused-ring (bicyclic) bond motifs is 3. The second-order valence-electron chi connectivity index (χ2n) is 12.2. The molecule has 9 rings (SSSR count). The summed E-state index contributed by atoms with van der Waals surface area (Å²) in [5.41, 5.74) is 12.0. The minimum absolute atomic E-state index is 0.496. The number of pyridine rings is 1. The third-order valence-corrected chi connectivity index (χ3v) is 9.52. The summed E-state index contributed by atoms with van der Waals surface area (Å²) in [5, 5.41) is 0. The highest BCUT2D eigenvalue weighted by Gasteiger charge is 2.46. The Labute approximate surface area is 285 Å². The third-order valence-electron chi connectivity index (χ3n) is 9.52. The Bertz CT molecular complexity index is 2310. The van der Waals surface area contributed by atoms with Crippen molar-refractivity contribution in [3.8, 4) is 56.4 Å². The largest absolute Gasteiger partial charge is 0.264 e. The van der Waals surface area contributed by atoms with E-state index in [2.05, 4.69) is 108 Å². The highest BCUT2D eigenvalue weighted by Crippen LogP contribution is 2.58. The van der Waals surface area contributed by atoms with Gasteiger partial charge in [-0.1, -0.05) is 164 Å². The quantitative estimate of drug-likeness (QED) is 0.184. The first-order chi connectivity index (χ1) is 24.3. The Kier molecular flexibility index (Phi) is 6.98. The summed E-state index contributed by atoms with van der Waals surface area (Å²) >= 11 is 0. The van der Waals surface area contributed by atoms with Crippen molar-refractivity contribution in [2.75, 3.05) is 0 Å². The molecule has 49 heavy (non-hydrogen) atoms. The van der Waals surface area contributed by atoms with Crippen molar-refractivity contribution in [1.82, 2.24) is 19.9 Å². The monoisotopic (exact) mass is 626 g/mol. The predicted octanol–water partition coefficient (Wildman–Crippen LogP) is 10.3. The minimum atomic E-state index is -0.496. The Hall–Kier alpha value is -6.52. The van der Waals surface area contributed by atoms with Gasteiger partial charge in [0.25, 0.3) is 0 Å². The molecule has 8 aromatic rings. The standard InChI is InChI=1S/C45H30N4/c1-4-14-32(15-5-1)42-47-43(33-16-6-2-7-17-33)49-44(48-42)34-27-25-31(26-28-34)37-22-12-24-40-41(37)38-21-10-11-23-39(38)45(40,35-18-8-3-9-19-35)36-20-13-29-46-30-36/h1-30H. The zero-order valence-corrected chi connectivity index (χ0v) is 26.6. The molecule has 0 bridgehead atoms. The van der Waals surface area contributed by atoms with Gasteiger partial charge in [0.15, 0.2) is 17.5 Å². The lowest BCUT2D eigenvalue weighted by atomic mass is 9.68. The first-order valence-electron chi connectivity index (χ1n) is 16.5. The lowest BCUT2D eigenvalue weighted by molar-refractivity contribution is 0.763. The number of rotatable bonds is 6. The lowest BCUT2D eigenvalue weighted by Crippen LogP contribution is -2.28. The molecule has 0 fully saturated rings. The smallest absolute Gasteiger partial charge is 0.164 e. The molecule has 1 aliphatic carbocycles. The normalized spacial score (nSPS) is 14.6. The Morgan fingerprint density at radius 2 is 0.837 bits per heavy atom. The van der Waals surface area contributed by atoms with Gasteiger partial charge >= 0.3 is 0 Å². The van der Waals surface area contributed by atoms with E-state index in [0.29, 0.717) is 17.5 Å². The molecule has 0 saturated heterocycles. The average molecular weight is 627 g/mol. The number of benzene rings is 6. The van der Waals surface area contributed by atoms with Crippen LogP contribution >= 0.6 is 0 Å². The van der Waals surface area contributed by atoms with E-state index in [1.807, 2.05) is 79.1 Å². The van der Waals surface area contributed by atoms with Gasteiger partial charge in [0.05, 0.1) is 5.41 Å². The summed E-state index contributed by atoms with van der Waals surface area (Å²) < 4.78 is 0. The summed E-state index contributed by atoms with van der Waals surface area (Å²) in [6, 6.07) is 59.4. The molecular weight excluding hydrogens is 597 g/mol. The number of hydrogen-bond donors (Lipinski definition) is 0. The maximum atomic E-state index is 4.95. The van der Waals surface area contributed by atoms with Gasteiger partial charge in [0, 0.05) is 29.1 Å². The summed E-state index contributed by atoms with van der Waals surface area (Å²) in [5.74, 6) is 1.94. The van der Waals surface area contributed by atoms with Crippen LogP contribution < -0.4 is 0 Å². The van der Waals surface area contributed by atoms with Gasteiger partial charge in [-0.05, 0) is 50.6 Å². The zero-order valence-electron chi connectivity index (χ0n) is 26.6. The molecule has 0 N–H and O–H groups in total. The molecule has 0 saturated carbocycles. The van der Waals surface area contributed by atoms with Crippen LogP contribution in [0, 0.1) is 0 Å². The Balaban J connectivity index is 1.20. The minimum Gasteiger partial charge on any atom is -0.264 e. The van der Waals surface area contributed by atoms with Crippen molar-refractivity contribution >= 4 is 0 Å². The van der Waals surface area contributed by atoms with Crippen molar-refractivity contribution in [3.05, 3.63) is 205 Å². The van der Waals surface area contributed by atoms with Crippen molar-refractivity contribution in [2.45, 2.75) is 5.41 Å². The van der Waals surface area contributed by atoms with Crippen LogP contribution in [-0.2, 0) is 5.41 Å². The lowest BCUT2D eigenvalue weighted by Gasteiger charge is -2.33. The molecule has 0 spiro atoms. The van der Waals surface area contributed by atoms with E-state index in [0.717, 1.165) is 27.8 Å². The summed E-state index contributed by atoms with van der Waals surface area (Å²) in [6.07, 6.45) is 3.86. The van der Waals surface area contributed by atoms with Crippen molar-refractivity contribution in [2.24, 2.45) is 0 Å². The average Bonchev–Trinajstić information content (AvgIpc) is 3.50. The maximum Gasteiger partial charge on any atom is 0.164 e. The molecule has 0 aliphatic heterocycles. The second-order valence-corrected chi connectivity index (χ2v) is 12.2. The van der Waals surface area contributed by atoms with E-state index in [1.165, 1.54) is 33.4 Å². The van der Waals surface area contributed by atoms with E-state index >= 15 is 0 Å². The molecule has 2 heterocycles. The molecule has 4 nitrogen and oxygen atoms in total. The predicted molar refractivity (Wildman–Crippen MR) is 197 cm³/mol. The van der Waals surface area contributed by atoms with E-state index in [1.54, 1.807) is 0 Å². The van der Waals surface area contributed by atoms with Crippen molar-refractivity contribution in [1.29, 1.82) is 0 Å². The fourth-order valence-electron chi connectivity index (χ4n) is 7.37. The van der Waals surface area contributed by atoms with Gasteiger partial charge in [-0.3, -0.25) is 4.98 Å². The van der Waals surface area contributed by atoms with E-state index < -0.39 is 5.41 Å². The number of nitrogens with zero attached hydrogens (tertiary/aromatic N) is 4. The van der Waals surface area contributed by atoms with Crippen LogP contribution in [0.5, 0.6) is 0 Å². The van der Waals surface area contributed by atoms with Gasteiger partial charge in [-0.15, -0.1) is 0 Å². The topological polar surface area (TPSA) is 51.6 Å². The molecule has 2 aromatic heterocycles. The molecule has 1 unspecified atom stereocenters. The molecule has 1 aliphatic rings. The van der Waals surface area contributed by atoms with E-state index in [-0.39, 0.29) is 0 Å². The van der Waals surface area contributed by atoms with Crippen LogP contribution in [0.4, 0.5) is 0 Å².